The third kappa shape index (κ3) is 3.35. The van der Waals surface area contributed by atoms with Gasteiger partial charge in [-0.3, -0.25) is 4.79 Å². The number of oxime groups is 1. The van der Waals surface area contributed by atoms with Crippen molar-refractivity contribution in [3.63, 3.8) is 0 Å². The molecule has 3 aromatic rings. The first-order valence-electron chi connectivity index (χ1n) is 10.4. The molecule has 168 valence electrons. The average Bonchev–Trinajstić information content (AvgIpc) is 3.56. The largest absolute Gasteiger partial charge is 0.497 e. The standard InChI is InChI=1S/C23H19FN4O5/c1-30-14-5-2-11(3-6-14)19-18-20(23-31-10-17(32-23)21(18)33-28-19)26-27-22(29)16-9-12-8-13(24)4-7-15(12)25-16/h2-9,17-18,21,23,25H,10H2,1H3,(H,27,29)/b26-20+/t17-,18+,21-,23-/m1/s1. The van der Waals surface area contributed by atoms with Crippen LogP contribution < -0.4 is 10.2 Å². The predicted molar refractivity (Wildman–Crippen MR) is 116 cm³/mol. The van der Waals surface area contributed by atoms with Crippen LogP contribution in [0.4, 0.5) is 4.39 Å². The fourth-order valence-corrected chi connectivity index (χ4v) is 4.39. The molecule has 0 saturated carbocycles. The molecule has 2 aromatic carbocycles. The third-order valence-electron chi connectivity index (χ3n) is 6.03. The van der Waals surface area contributed by atoms with E-state index in [1.165, 1.54) is 12.1 Å². The van der Waals surface area contributed by atoms with Gasteiger partial charge in [0.25, 0.3) is 5.91 Å². The molecule has 2 saturated heterocycles. The monoisotopic (exact) mass is 450 g/mol. The van der Waals surface area contributed by atoms with Crippen LogP contribution in [0.3, 0.4) is 0 Å². The molecule has 3 aliphatic rings. The van der Waals surface area contributed by atoms with Gasteiger partial charge in [0.05, 0.1) is 25.3 Å². The number of aromatic nitrogens is 1. The van der Waals surface area contributed by atoms with Gasteiger partial charge >= 0.3 is 0 Å². The molecule has 33 heavy (non-hydrogen) atoms. The van der Waals surface area contributed by atoms with Crippen molar-refractivity contribution in [1.82, 2.24) is 10.4 Å². The number of ether oxygens (including phenoxy) is 3. The number of hydrogen-bond donors (Lipinski definition) is 2. The molecule has 6 rings (SSSR count). The minimum atomic E-state index is -0.710. The lowest BCUT2D eigenvalue weighted by atomic mass is 9.84. The number of hydrazone groups is 1. The highest BCUT2D eigenvalue weighted by molar-refractivity contribution is 6.17. The van der Waals surface area contributed by atoms with Crippen LogP contribution in [0.15, 0.2) is 58.8 Å². The molecule has 2 N–H and O–H groups in total. The molecule has 0 radical (unpaired) electrons. The van der Waals surface area contributed by atoms with Crippen molar-refractivity contribution < 1.29 is 28.2 Å². The Labute approximate surface area is 187 Å². The zero-order chi connectivity index (χ0) is 22.5. The second-order valence-electron chi connectivity index (χ2n) is 7.98. The van der Waals surface area contributed by atoms with Gasteiger partial charge in [0.15, 0.2) is 12.4 Å². The molecule has 4 atom stereocenters. The zero-order valence-electron chi connectivity index (χ0n) is 17.4. The van der Waals surface area contributed by atoms with Crippen molar-refractivity contribution >= 4 is 28.2 Å². The Morgan fingerprint density at radius 1 is 1.24 bits per heavy atom. The van der Waals surface area contributed by atoms with Crippen molar-refractivity contribution in [1.29, 1.82) is 0 Å². The second-order valence-corrected chi connectivity index (χ2v) is 7.98. The lowest BCUT2D eigenvalue weighted by Crippen LogP contribution is -2.49. The molecule has 3 aliphatic heterocycles. The molecule has 0 spiro atoms. The maximum Gasteiger partial charge on any atom is 0.287 e. The Bertz CT molecular complexity index is 1300. The first-order valence-corrected chi connectivity index (χ1v) is 10.4. The number of carbonyl (C=O) groups is 1. The normalized spacial score (nSPS) is 26.7. The number of halogens is 1. The van der Waals surface area contributed by atoms with Crippen molar-refractivity contribution in [2.45, 2.75) is 18.5 Å². The van der Waals surface area contributed by atoms with Gasteiger partial charge in [-0.25, -0.2) is 9.82 Å². The van der Waals surface area contributed by atoms with Crippen molar-refractivity contribution in [2.24, 2.45) is 16.2 Å². The molecule has 4 heterocycles. The summed E-state index contributed by atoms with van der Waals surface area (Å²) in [5, 5.41) is 9.26. The molecular weight excluding hydrogens is 431 g/mol. The number of methoxy groups -OCH3 is 1. The number of nitrogens with zero attached hydrogens (tertiary/aromatic N) is 2. The lowest BCUT2D eigenvalue weighted by molar-refractivity contribution is -0.0812. The topological polar surface area (TPSA) is 107 Å². The molecule has 2 fully saturated rings. The number of amides is 1. The Morgan fingerprint density at radius 3 is 2.91 bits per heavy atom. The van der Waals surface area contributed by atoms with Gasteiger partial charge in [0, 0.05) is 16.5 Å². The van der Waals surface area contributed by atoms with E-state index in [0.717, 1.165) is 11.3 Å². The minimum absolute atomic E-state index is 0.255. The van der Waals surface area contributed by atoms with E-state index in [0.29, 0.717) is 28.9 Å². The number of benzene rings is 2. The summed E-state index contributed by atoms with van der Waals surface area (Å²) in [5.74, 6) is -0.470. The summed E-state index contributed by atoms with van der Waals surface area (Å²) in [7, 11) is 1.60. The Hall–Kier alpha value is -3.76. The fraction of sp³-hybridized carbons (Fsp3) is 0.261. The van der Waals surface area contributed by atoms with Gasteiger partial charge in [0.2, 0.25) is 0 Å². The van der Waals surface area contributed by atoms with Crippen LogP contribution in [0.1, 0.15) is 16.1 Å². The molecule has 10 heteroatoms. The number of aromatic amines is 1. The number of carbonyl (C=O) groups excluding carboxylic acids is 1. The Balaban J connectivity index is 1.29. The fourth-order valence-electron chi connectivity index (χ4n) is 4.39. The molecule has 2 bridgehead atoms. The summed E-state index contributed by atoms with van der Waals surface area (Å²) in [6.07, 6.45) is -1.40. The third-order valence-corrected chi connectivity index (χ3v) is 6.03. The summed E-state index contributed by atoms with van der Waals surface area (Å²) in [6, 6.07) is 13.3. The summed E-state index contributed by atoms with van der Waals surface area (Å²) in [5.41, 5.74) is 5.46. The first kappa shape index (κ1) is 19.9. The number of H-pyrrole nitrogens is 1. The Morgan fingerprint density at radius 2 is 2.09 bits per heavy atom. The smallest absolute Gasteiger partial charge is 0.287 e. The zero-order valence-corrected chi connectivity index (χ0v) is 17.4. The van der Waals surface area contributed by atoms with Crippen molar-refractivity contribution in [3.05, 3.63) is 65.6 Å². The van der Waals surface area contributed by atoms with E-state index in [2.05, 4.69) is 20.7 Å². The highest BCUT2D eigenvalue weighted by Gasteiger charge is 2.55. The van der Waals surface area contributed by atoms with E-state index in [9.17, 15) is 9.18 Å². The van der Waals surface area contributed by atoms with Crippen molar-refractivity contribution in [2.75, 3.05) is 13.7 Å². The number of rotatable bonds is 4. The van der Waals surface area contributed by atoms with E-state index in [4.69, 9.17) is 19.0 Å². The van der Waals surface area contributed by atoms with Gasteiger partial charge in [-0.05, 0) is 48.5 Å². The lowest BCUT2D eigenvalue weighted by Gasteiger charge is -2.30. The van der Waals surface area contributed by atoms with Gasteiger partial charge in [-0.1, -0.05) is 5.16 Å². The SMILES string of the molecule is COc1ccc(C2=NO[C@@H]3[C@H]4CO[C@H](O4)/C(=N/NC(=O)c4cc5cc(F)ccc5[nH]4)[C@H]23)cc1. The van der Waals surface area contributed by atoms with Gasteiger partial charge in [-0.2, -0.15) is 5.10 Å². The maximum atomic E-state index is 13.5. The van der Waals surface area contributed by atoms with Crippen LogP contribution in [-0.2, 0) is 14.3 Å². The predicted octanol–water partition coefficient (Wildman–Crippen LogP) is 2.58. The van der Waals surface area contributed by atoms with Crippen LogP contribution in [-0.4, -0.2) is 54.5 Å². The minimum Gasteiger partial charge on any atom is -0.497 e. The highest BCUT2D eigenvalue weighted by atomic mass is 19.1. The van der Waals surface area contributed by atoms with E-state index >= 15 is 0 Å². The van der Waals surface area contributed by atoms with E-state index in [1.807, 2.05) is 24.3 Å². The molecule has 1 amide bonds. The van der Waals surface area contributed by atoms with E-state index in [-0.39, 0.29) is 23.5 Å². The highest BCUT2D eigenvalue weighted by Crippen LogP contribution is 2.38. The average molecular weight is 450 g/mol. The molecule has 0 aliphatic carbocycles. The van der Waals surface area contributed by atoms with Crippen LogP contribution in [0.5, 0.6) is 5.75 Å². The Kier molecular flexibility index (Phi) is 4.63. The maximum absolute atomic E-state index is 13.5. The molecule has 0 unspecified atom stereocenters. The number of fused-ring (bicyclic) bond motifs is 5. The molecule has 9 nitrogen and oxygen atoms in total. The quantitative estimate of drug-likeness (QED) is 0.595. The van der Waals surface area contributed by atoms with Crippen LogP contribution >= 0.6 is 0 Å². The van der Waals surface area contributed by atoms with Crippen LogP contribution in [0.25, 0.3) is 10.9 Å². The summed E-state index contributed by atoms with van der Waals surface area (Å²) < 4.78 is 30.3. The summed E-state index contributed by atoms with van der Waals surface area (Å²) in [6.45, 7) is 0.345. The van der Waals surface area contributed by atoms with E-state index in [1.54, 1.807) is 19.2 Å². The number of hydrogen-bond acceptors (Lipinski definition) is 7. The summed E-state index contributed by atoms with van der Waals surface area (Å²) in [4.78, 5) is 21.4. The van der Waals surface area contributed by atoms with E-state index < -0.39 is 18.3 Å². The molecular formula is C23H19FN4O5. The number of nitrogens with one attached hydrogen (secondary N) is 2. The molecule has 1 aromatic heterocycles. The van der Waals surface area contributed by atoms with Gasteiger partial charge < -0.3 is 24.0 Å². The summed E-state index contributed by atoms with van der Waals surface area (Å²) >= 11 is 0. The van der Waals surface area contributed by atoms with Gasteiger partial charge in [-0.15, -0.1) is 0 Å². The van der Waals surface area contributed by atoms with Crippen molar-refractivity contribution in [3.8, 4) is 5.75 Å². The second kappa shape index (κ2) is 7.68. The first-order chi connectivity index (χ1) is 16.1. The van der Waals surface area contributed by atoms with Crippen LogP contribution in [0.2, 0.25) is 0 Å². The van der Waals surface area contributed by atoms with Gasteiger partial charge in [0.1, 0.15) is 29.1 Å². The van der Waals surface area contributed by atoms with Crippen LogP contribution in [0, 0.1) is 11.7 Å².